The van der Waals surface area contributed by atoms with Gasteiger partial charge in [0.05, 0.1) is 10.7 Å². The van der Waals surface area contributed by atoms with Gasteiger partial charge in [-0.2, -0.15) is 0 Å². The van der Waals surface area contributed by atoms with E-state index in [1.165, 1.54) is 0 Å². The molecular weight excluding hydrogens is 367 g/mol. The Morgan fingerprint density at radius 1 is 0.885 bits per heavy atom. The molecule has 132 valence electrons. The van der Waals surface area contributed by atoms with Crippen LogP contribution < -0.4 is 10.6 Å². The molecule has 1 amide bonds. The number of anilines is 1. The van der Waals surface area contributed by atoms with E-state index in [9.17, 15) is 4.79 Å². The van der Waals surface area contributed by atoms with Gasteiger partial charge in [-0.05, 0) is 18.2 Å². The van der Waals surface area contributed by atoms with Gasteiger partial charge in [0.15, 0.2) is 6.54 Å². The first kappa shape index (κ1) is 18.5. The van der Waals surface area contributed by atoms with Crippen molar-refractivity contribution in [2.75, 3.05) is 11.9 Å². The quantitative estimate of drug-likeness (QED) is 0.653. The molecule has 3 nitrogen and oxygen atoms in total. The van der Waals surface area contributed by atoms with E-state index in [-0.39, 0.29) is 18.5 Å². The standard InChI is InChI=1S/C21H18Cl2N2O/c22-17-11-12-19(18(23)13-17)25-20(26)14-24-21(15-7-3-1-4-8-15)16-9-5-2-6-10-16/h1-13,21,24H,14H2,(H,25,26)/p+1. The summed E-state index contributed by atoms with van der Waals surface area (Å²) in [6, 6.07) is 25.3. The molecule has 0 heterocycles. The van der Waals surface area contributed by atoms with Crippen LogP contribution in [0.3, 0.4) is 0 Å². The first-order valence-corrected chi connectivity index (χ1v) is 9.07. The van der Waals surface area contributed by atoms with Crippen LogP contribution in [0.25, 0.3) is 0 Å². The van der Waals surface area contributed by atoms with Gasteiger partial charge in [-0.15, -0.1) is 0 Å². The average Bonchev–Trinajstić information content (AvgIpc) is 2.66. The summed E-state index contributed by atoms with van der Waals surface area (Å²) in [6.45, 7) is 0.271. The minimum atomic E-state index is -0.119. The lowest BCUT2D eigenvalue weighted by atomic mass is 9.99. The molecule has 5 heteroatoms. The number of amides is 1. The van der Waals surface area contributed by atoms with Gasteiger partial charge in [0, 0.05) is 16.1 Å². The molecular formula is C21H19Cl2N2O+. The van der Waals surface area contributed by atoms with E-state index in [0.29, 0.717) is 15.7 Å². The maximum absolute atomic E-state index is 12.4. The third-order valence-electron chi connectivity index (χ3n) is 4.06. The van der Waals surface area contributed by atoms with E-state index < -0.39 is 0 Å². The number of nitrogens with one attached hydrogen (secondary N) is 1. The van der Waals surface area contributed by atoms with Gasteiger partial charge >= 0.3 is 0 Å². The second-order valence-electron chi connectivity index (χ2n) is 5.91. The summed E-state index contributed by atoms with van der Waals surface area (Å²) >= 11 is 12.0. The molecule has 0 spiro atoms. The van der Waals surface area contributed by atoms with Crippen molar-refractivity contribution < 1.29 is 10.1 Å². The highest BCUT2D eigenvalue weighted by Gasteiger charge is 2.19. The predicted octanol–water partition coefficient (Wildman–Crippen LogP) is 4.28. The van der Waals surface area contributed by atoms with E-state index in [2.05, 4.69) is 29.6 Å². The molecule has 3 aromatic rings. The van der Waals surface area contributed by atoms with Gasteiger partial charge in [0.1, 0.15) is 6.04 Å². The highest BCUT2D eigenvalue weighted by molar-refractivity contribution is 6.36. The smallest absolute Gasteiger partial charge is 0.279 e. The van der Waals surface area contributed by atoms with Crippen LogP contribution in [0.2, 0.25) is 10.0 Å². The summed E-state index contributed by atoms with van der Waals surface area (Å²) in [4.78, 5) is 12.4. The third kappa shape index (κ3) is 4.85. The van der Waals surface area contributed by atoms with E-state index in [1.807, 2.05) is 41.7 Å². The molecule has 0 saturated carbocycles. The highest BCUT2D eigenvalue weighted by Crippen LogP contribution is 2.25. The summed E-state index contributed by atoms with van der Waals surface area (Å²) in [5, 5.41) is 5.81. The van der Waals surface area contributed by atoms with Crippen molar-refractivity contribution in [2.24, 2.45) is 0 Å². The Kier molecular flexibility index (Phi) is 6.29. The zero-order valence-electron chi connectivity index (χ0n) is 14.0. The average molecular weight is 386 g/mol. The molecule has 0 aliphatic heterocycles. The first-order valence-electron chi connectivity index (χ1n) is 8.31. The largest absolute Gasteiger partial charge is 0.328 e. The molecule has 3 aromatic carbocycles. The number of hydrogen-bond donors (Lipinski definition) is 2. The molecule has 0 fully saturated rings. The van der Waals surface area contributed by atoms with Gasteiger partial charge in [0.2, 0.25) is 0 Å². The molecule has 3 rings (SSSR count). The minimum Gasteiger partial charge on any atom is -0.328 e. The van der Waals surface area contributed by atoms with Crippen LogP contribution in [0.4, 0.5) is 5.69 Å². The number of hydrogen-bond acceptors (Lipinski definition) is 1. The second kappa shape index (κ2) is 8.86. The lowest BCUT2D eigenvalue weighted by Gasteiger charge is -2.16. The Morgan fingerprint density at radius 3 is 2.00 bits per heavy atom. The number of rotatable bonds is 6. The summed E-state index contributed by atoms with van der Waals surface area (Å²) in [6.07, 6.45) is 0. The van der Waals surface area contributed by atoms with Crippen LogP contribution in [-0.4, -0.2) is 12.5 Å². The van der Waals surface area contributed by atoms with Crippen molar-refractivity contribution in [3.05, 3.63) is 100 Å². The SMILES string of the molecule is O=C(C[NH2+]C(c1ccccc1)c1ccccc1)Nc1ccc(Cl)cc1Cl. The van der Waals surface area contributed by atoms with Crippen molar-refractivity contribution in [3.63, 3.8) is 0 Å². The maximum Gasteiger partial charge on any atom is 0.279 e. The van der Waals surface area contributed by atoms with Gasteiger partial charge in [-0.3, -0.25) is 4.79 Å². The molecule has 0 aromatic heterocycles. The Labute approximate surface area is 163 Å². The maximum atomic E-state index is 12.4. The summed E-state index contributed by atoms with van der Waals surface area (Å²) < 4.78 is 0. The molecule has 26 heavy (non-hydrogen) atoms. The van der Waals surface area contributed by atoms with Crippen molar-refractivity contribution >= 4 is 34.8 Å². The Morgan fingerprint density at radius 2 is 1.46 bits per heavy atom. The van der Waals surface area contributed by atoms with Crippen LogP contribution in [0, 0.1) is 0 Å². The van der Waals surface area contributed by atoms with Crippen molar-refractivity contribution in [2.45, 2.75) is 6.04 Å². The van der Waals surface area contributed by atoms with E-state index in [0.717, 1.165) is 11.1 Å². The number of carbonyl (C=O) groups is 1. The molecule has 3 N–H and O–H groups in total. The molecule has 0 saturated heterocycles. The summed E-state index contributed by atoms with van der Waals surface area (Å²) in [5.74, 6) is -0.119. The zero-order valence-corrected chi connectivity index (χ0v) is 15.5. The van der Waals surface area contributed by atoms with Crippen LogP contribution in [-0.2, 0) is 4.79 Å². The van der Waals surface area contributed by atoms with Gasteiger partial charge in [-0.1, -0.05) is 83.9 Å². The molecule has 0 aliphatic carbocycles. The topological polar surface area (TPSA) is 45.7 Å². The van der Waals surface area contributed by atoms with E-state index in [1.54, 1.807) is 18.2 Å². The summed E-state index contributed by atoms with van der Waals surface area (Å²) in [7, 11) is 0. The van der Waals surface area contributed by atoms with Gasteiger partial charge in [-0.25, -0.2) is 0 Å². The van der Waals surface area contributed by atoms with Crippen LogP contribution in [0.1, 0.15) is 17.2 Å². The molecule has 0 unspecified atom stereocenters. The summed E-state index contributed by atoms with van der Waals surface area (Å²) in [5.41, 5.74) is 2.86. The predicted molar refractivity (Wildman–Crippen MR) is 107 cm³/mol. The van der Waals surface area contributed by atoms with Crippen LogP contribution in [0.15, 0.2) is 78.9 Å². The molecule has 0 atom stereocenters. The highest BCUT2D eigenvalue weighted by atomic mass is 35.5. The fourth-order valence-electron chi connectivity index (χ4n) is 2.80. The number of quaternary nitrogens is 1. The number of benzene rings is 3. The van der Waals surface area contributed by atoms with Gasteiger partial charge < -0.3 is 10.6 Å². The Bertz CT molecular complexity index is 830. The first-order chi connectivity index (χ1) is 12.6. The van der Waals surface area contributed by atoms with Crippen LogP contribution >= 0.6 is 23.2 Å². The Balaban J connectivity index is 1.71. The fraction of sp³-hybridized carbons (Fsp3) is 0.0952. The zero-order chi connectivity index (χ0) is 18.4. The number of carbonyl (C=O) groups excluding carboxylic acids is 1. The normalized spacial score (nSPS) is 10.7. The van der Waals surface area contributed by atoms with Crippen molar-refractivity contribution in [1.82, 2.24) is 0 Å². The Hall–Kier alpha value is -2.33. The van der Waals surface area contributed by atoms with E-state index in [4.69, 9.17) is 23.2 Å². The van der Waals surface area contributed by atoms with Gasteiger partial charge in [0.25, 0.3) is 5.91 Å². The third-order valence-corrected chi connectivity index (χ3v) is 4.61. The lowest BCUT2D eigenvalue weighted by Crippen LogP contribution is -2.87. The van der Waals surface area contributed by atoms with Crippen molar-refractivity contribution in [1.29, 1.82) is 0 Å². The molecule has 0 bridgehead atoms. The van der Waals surface area contributed by atoms with E-state index >= 15 is 0 Å². The lowest BCUT2D eigenvalue weighted by molar-refractivity contribution is -0.676. The van der Waals surface area contributed by atoms with Crippen LogP contribution in [0.5, 0.6) is 0 Å². The molecule has 0 radical (unpaired) electrons. The number of nitrogens with two attached hydrogens (primary N) is 1. The second-order valence-corrected chi connectivity index (χ2v) is 6.75. The van der Waals surface area contributed by atoms with Crippen molar-refractivity contribution in [3.8, 4) is 0 Å². The molecule has 0 aliphatic rings. The monoisotopic (exact) mass is 385 g/mol. The fourth-order valence-corrected chi connectivity index (χ4v) is 3.26. The minimum absolute atomic E-state index is 0.0452. The number of halogens is 2.